The molecule has 0 saturated carbocycles. The molecule has 0 aliphatic carbocycles. The summed E-state index contributed by atoms with van der Waals surface area (Å²) in [7, 11) is 0. The molecule has 0 bridgehead atoms. The molecule has 0 spiro atoms. The van der Waals surface area contributed by atoms with E-state index >= 15 is 0 Å². The first-order valence-electron chi connectivity index (χ1n) is 5.82. The lowest BCUT2D eigenvalue weighted by molar-refractivity contribution is -0.139. The highest BCUT2D eigenvalue weighted by atomic mass is 32.1. The molecule has 5 heteroatoms. The van der Waals surface area contributed by atoms with Crippen LogP contribution in [0.5, 0.6) is 0 Å². The first-order chi connectivity index (χ1) is 8.60. The van der Waals surface area contributed by atoms with Crippen LogP contribution in [0.1, 0.15) is 29.3 Å². The fourth-order valence-electron chi connectivity index (χ4n) is 1.67. The Labute approximate surface area is 112 Å². The van der Waals surface area contributed by atoms with Gasteiger partial charge in [-0.1, -0.05) is 25.1 Å². The third-order valence-electron chi connectivity index (χ3n) is 2.66. The second kappa shape index (κ2) is 7.06. The van der Waals surface area contributed by atoms with E-state index in [9.17, 15) is 9.59 Å². The Morgan fingerprint density at radius 2 is 2.06 bits per heavy atom. The Balaban J connectivity index is 2.83. The van der Waals surface area contributed by atoms with Gasteiger partial charge in [-0.05, 0) is 30.2 Å². The fourth-order valence-corrected chi connectivity index (χ4v) is 1.93. The van der Waals surface area contributed by atoms with Gasteiger partial charge in [0.25, 0.3) is 5.91 Å². The van der Waals surface area contributed by atoms with Gasteiger partial charge in [-0.25, -0.2) is 4.79 Å². The molecule has 1 aromatic rings. The van der Waals surface area contributed by atoms with Crippen molar-refractivity contribution in [3.05, 3.63) is 35.4 Å². The van der Waals surface area contributed by atoms with E-state index in [4.69, 9.17) is 5.11 Å². The summed E-state index contributed by atoms with van der Waals surface area (Å²) < 4.78 is 0. The predicted molar refractivity (Wildman–Crippen MR) is 73.2 cm³/mol. The van der Waals surface area contributed by atoms with Crippen molar-refractivity contribution in [2.75, 3.05) is 5.75 Å². The van der Waals surface area contributed by atoms with Gasteiger partial charge < -0.3 is 10.4 Å². The van der Waals surface area contributed by atoms with Crippen molar-refractivity contribution in [3.63, 3.8) is 0 Å². The predicted octanol–water partition coefficient (Wildman–Crippen LogP) is 1.75. The maximum Gasteiger partial charge on any atom is 0.326 e. The molecule has 0 aliphatic heterocycles. The van der Waals surface area contributed by atoms with E-state index in [1.165, 1.54) is 0 Å². The zero-order chi connectivity index (χ0) is 13.5. The topological polar surface area (TPSA) is 66.4 Å². The number of nitrogens with one attached hydrogen (secondary N) is 1. The van der Waals surface area contributed by atoms with Gasteiger partial charge >= 0.3 is 5.97 Å². The average molecular weight is 267 g/mol. The molecule has 2 N–H and O–H groups in total. The lowest BCUT2D eigenvalue weighted by atomic mass is 10.0. The summed E-state index contributed by atoms with van der Waals surface area (Å²) in [6.45, 7) is 1.95. The highest BCUT2D eigenvalue weighted by Crippen LogP contribution is 2.10. The molecule has 1 amide bonds. The molecular formula is C13H17NO3S. The van der Waals surface area contributed by atoms with E-state index in [0.717, 1.165) is 12.0 Å². The van der Waals surface area contributed by atoms with Gasteiger partial charge in [0.1, 0.15) is 6.04 Å². The maximum atomic E-state index is 12.0. The third-order valence-corrected chi connectivity index (χ3v) is 2.92. The van der Waals surface area contributed by atoms with Crippen LogP contribution in [0.4, 0.5) is 0 Å². The number of carbonyl (C=O) groups is 2. The first-order valence-corrected chi connectivity index (χ1v) is 6.45. The Bertz CT molecular complexity index is 434. The van der Waals surface area contributed by atoms with Gasteiger partial charge in [0.15, 0.2) is 0 Å². The monoisotopic (exact) mass is 267 g/mol. The normalized spacial score (nSPS) is 11.9. The minimum atomic E-state index is -1.04. The molecule has 0 radical (unpaired) electrons. The quantitative estimate of drug-likeness (QED) is 0.688. The van der Waals surface area contributed by atoms with Crippen LogP contribution in [0.2, 0.25) is 0 Å². The number of carboxylic acids is 1. The van der Waals surface area contributed by atoms with Crippen LogP contribution in [0.25, 0.3) is 0 Å². The first kappa shape index (κ1) is 14.6. The maximum absolute atomic E-state index is 12.0. The molecule has 0 aliphatic rings. The zero-order valence-electron chi connectivity index (χ0n) is 10.2. The van der Waals surface area contributed by atoms with Crippen LogP contribution < -0.4 is 5.32 Å². The largest absolute Gasteiger partial charge is 0.480 e. The van der Waals surface area contributed by atoms with Crippen molar-refractivity contribution in [1.82, 2.24) is 5.32 Å². The summed E-state index contributed by atoms with van der Waals surface area (Å²) in [5, 5.41) is 11.5. The van der Waals surface area contributed by atoms with E-state index in [2.05, 4.69) is 17.9 Å². The minimum absolute atomic E-state index is 0.304. The van der Waals surface area contributed by atoms with Crippen molar-refractivity contribution in [3.8, 4) is 0 Å². The molecule has 4 nitrogen and oxygen atoms in total. The molecule has 1 rings (SSSR count). The number of aryl methyl sites for hydroxylation is 1. The molecular weight excluding hydrogens is 250 g/mol. The summed E-state index contributed by atoms with van der Waals surface area (Å²) in [5.41, 5.74) is 1.44. The molecule has 0 saturated heterocycles. The average Bonchev–Trinajstić information content (AvgIpc) is 2.37. The van der Waals surface area contributed by atoms with Crippen LogP contribution in [-0.4, -0.2) is 28.8 Å². The Kier molecular flexibility index (Phi) is 5.71. The highest BCUT2D eigenvalue weighted by molar-refractivity contribution is 7.80. The summed E-state index contributed by atoms with van der Waals surface area (Å²) in [5.74, 6) is -0.972. The number of hydrogen-bond donors (Lipinski definition) is 3. The molecule has 0 aromatic heterocycles. The summed E-state index contributed by atoms with van der Waals surface area (Å²) in [4.78, 5) is 23.0. The van der Waals surface area contributed by atoms with E-state index in [1.807, 2.05) is 19.1 Å². The van der Waals surface area contributed by atoms with Gasteiger partial charge in [-0.3, -0.25) is 4.79 Å². The number of aliphatic carboxylic acids is 1. The molecule has 0 fully saturated rings. The number of thiol groups is 1. The van der Waals surface area contributed by atoms with Gasteiger partial charge in [0.2, 0.25) is 0 Å². The summed E-state index contributed by atoms with van der Waals surface area (Å²) in [6, 6.07) is 6.30. The fraction of sp³-hybridized carbons (Fsp3) is 0.385. The number of hydrogen-bond acceptors (Lipinski definition) is 3. The smallest absolute Gasteiger partial charge is 0.326 e. The standard InChI is InChI=1S/C13H17NO3S/c1-2-9-5-3-4-6-10(9)12(15)14-11(7-8-18)13(16)17/h3-6,11,18H,2,7-8H2,1H3,(H,14,15)(H,16,17)/t11-/m0/s1. The van der Waals surface area contributed by atoms with Gasteiger partial charge in [0.05, 0.1) is 0 Å². The number of carbonyl (C=O) groups excluding carboxylic acids is 1. The molecule has 1 aromatic carbocycles. The molecule has 18 heavy (non-hydrogen) atoms. The van der Waals surface area contributed by atoms with Crippen molar-refractivity contribution < 1.29 is 14.7 Å². The van der Waals surface area contributed by atoms with E-state index in [0.29, 0.717) is 17.7 Å². The highest BCUT2D eigenvalue weighted by Gasteiger charge is 2.20. The van der Waals surface area contributed by atoms with E-state index < -0.39 is 12.0 Å². The van der Waals surface area contributed by atoms with Crippen LogP contribution in [0, 0.1) is 0 Å². The second-order valence-corrected chi connectivity index (χ2v) is 4.33. The van der Waals surface area contributed by atoms with Crippen molar-refractivity contribution in [1.29, 1.82) is 0 Å². The molecule has 0 unspecified atom stereocenters. The lowest BCUT2D eigenvalue weighted by Crippen LogP contribution is -2.41. The van der Waals surface area contributed by atoms with Gasteiger partial charge in [0, 0.05) is 5.56 Å². The summed E-state index contributed by atoms with van der Waals surface area (Å²) in [6.07, 6.45) is 1.03. The zero-order valence-corrected chi connectivity index (χ0v) is 11.1. The second-order valence-electron chi connectivity index (χ2n) is 3.89. The van der Waals surface area contributed by atoms with Crippen LogP contribution in [-0.2, 0) is 11.2 Å². The number of carboxylic acid groups (broad SMARTS) is 1. The number of rotatable bonds is 6. The van der Waals surface area contributed by atoms with Crippen molar-refractivity contribution in [2.45, 2.75) is 25.8 Å². The minimum Gasteiger partial charge on any atom is -0.480 e. The van der Waals surface area contributed by atoms with Gasteiger partial charge in [-0.15, -0.1) is 0 Å². The van der Waals surface area contributed by atoms with Crippen LogP contribution >= 0.6 is 12.6 Å². The Morgan fingerprint density at radius 1 is 1.39 bits per heavy atom. The van der Waals surface area contributed by atoms with Crippen LogP contribution in [0.15, 0.2) is 24.3 Å². The Hall–Kier alpha value is -1.49. The molecule has 98 valence electrons. The Morgan fingerprint density at radius 3 is 2.61 bits per heavy atom. The van der Waals surface area contributed by atoms with E-state index in [1.54, 1.807) is 12.1 Å². The SMILES string of the molecule is CCc1ccccc1C(=O)N[C@@H](CCS)C(=O)O. The number of benzene rings is 1. The molecule has 1 atom stereocenters. The van der Waals surface area contributed by atoms with E-state index in [-0.39, 0.29) is 5.91 Å². The third kappa shape index (κ3) is 3.77. The lowest BCUT2D eigenvalue weighted by Gasteiger charge is -2.14. The van der Waals surface area contributed by atoms with Crippen molar-refractivity contribution >= 4 is 24.5 Å². The van der Waals surface area contributed by atoms with Crippen LogP contribution in [0.3, 0.4) is 0 Å². The molecule has 0 heterocycles. The van der Waals surface area contributed by atoms with Gasteiger partial charge in [-0.2, -0.15) is 12.6 Å². The van der Waals surface area contributed by atoms with Crippen molar-refractivity contribution in [2.24, 2.45) is 0 Å². The number of amides is 1. The summed E-state index contributed by atoms with van der Waals surface area (Å²) >= 11 is 3.99.